The van der Waals surface area contributed by atoms with Crippen molar-refractivity contribution in [2.45, 2.75) is 20.3 Å². The lowest BCUT2D eigenvalue weighted by atomic mass is 9.95. The lowest BCUT2D eigenvalue weighted by Crippen LogP contribution is -2.38. The molecule has 1 unspecified atom stereocenters. The van der Waals surface area contributed by atoms with Crippen LogP contribution in [0.25, 0.3) is 0 Å². The molecule has 76 valence electrons. The Labute approximate surface area is 79.2 Å². The van der Waals surface area contributed by atoms with Gasteiger partial charge in [-0.2, -0.15) is 0 Å². The average molecular weight is 186 g/mol. The molecule has 1 rings (SSSR count). The molecule has 1 heterocycles. The normalized spacial score (nSPS) is 22.5. The first-order valence-corrected chi connectivity index (χ1v) is 4.73. The van der Waals surface area contributed by atoms with E-state index in [-0.39, 0.29) is 6.03 Å². The number of hydroxylamine groups is 1. The number of likely N-dealkylation sites (tertiary alicyclic amines) is 1. The van der Waals surface area contributed by atoms with Crippen molar-refractivity contribution in [1.29, 1.82) is 0 Å². The van der Waals surface area contributed by atoms with Gasteiger partial charge in [-0.15, -0.1) is 0 Å². The van der Waals surface area contributed by atoms with Crippen LogP contribution in [0.5, 0.6) is 0 Å². The fraction of sp³-hybridized carbons (Fsp3) is 0.889. The molecule has 0 saturated carbocycles. The number of rotatable bonds is 2. The van der Waals surface area contributed by atoms with Crippen LogP contribution in [-0.4, -0.2) is 31.1 Å². The van der Waals surface area contributed by atoms with Gasteiger partial charge in [0, 0.05) is 13.1 Å². The summed E-state index contributed by atoms with van der Waals surface area (Å²) in [5, 5.41) is 0. The lowest BCUT2D eigenvalue weighted by Gasteiger charge is -2.17. The molecule has 1 N–H and O–H groups in total. The van der Waals surface area contributed by atoms with Crippen molar-refractivity contribution in [1.82, 2.24) is 10.4 Å². The Bertz CT molecular complexity index is 182. The summed E-state index contributed by atoms with van der Waals surface area (Å²) in [7, 11) is 1.45. The van der Waals surface area contributed by atoms with Gasteiger partial charge in [-0.1, -0.05) is 13.8 Å². The first-order valence-electron chi connectivity index (χ1n) is 4.73. The van der Waals surface area contributed by atoms with Crippen LogP contribution in [-0.2, 0) is 4.84 Å². The number of nitrogens with one attached hydrogen (secondary N) is 1. The molecule has 13 heavy (non-hydrogen) atoms. The summed E-state index contributed by atoms with van der Waals surface area (Å²) in [4.78, 5) is 17.7. The Morgan fingerprint density at radius 1 is 1.62 bits per heavy atom. The van der Waals surface area contributed by atoms with Crippen LogP contribution < -0.4 is 5.48 Å². The van der Waals surface area contributed by atoms with E-state index in [4.69, 9.17) is 0 Å². The van der Waals surface area contributed by atoms with E-state index >= 15 is 0 Å². The van der Waals surface area contributed by atoms with Crippen LogP contribution >= 0.6 is 0 Å². The number of urea groups is 1. The zero-order valence-corrected chi connectivity index (χ0v) is 8.54. The summed E-state index contributed by atoms with van der Waals surface area (Å²) in [6, 6.07) is -0.120. The maximum Gasteiger partial charge on any atom is 0.341 e. The predicted molar refractivity (Wildman–Crippen MR) is 50.1 cm³/mol. The van der Waals surface area contributed by atoms with E-state index in [1.807, 2.05) is 0 Å². The molecule has 0 aliphatic carbocycles. The van der Waals surface area contributed by atoms with Crippen molar-refractivity contribution in [2.75, 3.05) is 20.2 Å². The SMILES string of the molecule is CONC(=O)N1CCC(C(C)C)C1. The Balaban J connectivity index is 2.36. The molecule has 1 aliphatic heterocycles. The van der Waals surface area contributed by atoms with Gasteiger partial charge in [-0.05, 0) is 18.3 Å². The van der Waals surface area contributed by atoms with Crippen LogP contribution in [0, 0.1) is 11.8 Å². The molecular weight excluding hydrogens is 168 g/mol. The van der Waals surface area contributed by atoms with Gasteiger partial charge in [0.2, 0.25) is 0 Å². The van der Waals surface area contributed by atoms with Gasteiger partial charge in [0.25, 0.3) is 0 Å². The van der Waals surface area contributed by atoms with Crippen LogP contribution in [0.1, 0.15) is 20.3 Å². The Hall–Kier alpha value is -0.770. The minimum absolute atomic E-state index is 0.120. The zero-order valence-electron chi connectivity index (χ0n) is 8.54. The van der Waals surface area contributed by atoms with Crippen LogP contribution in [0.2, 0.25) is 0 Å². The molecule has 0 aromatic heterocycles. The van der Waals surface area contributed by atoms with Crippen molar-refractivity contribution >= 4 is 6.03 Å². The molecule has 0 aromatic rings. The Kier molecular flexibility index (Phi) is 3.54. The Morgan fingerprint density at radius 3 is 2.77 bits per heavy atom. The zero-order chi connectivity index (χ0) is 9.84. The van der Waals surface area contributed by atoms with Gasteiger partial charge < -0.3 is 4.90 Å². The highest BCUT2D eigenvalue weighted by Crippen LogP contribution is 2.23. The Morgan fingerprint density at radius 2 is 2.31 bits per heavy atom. The molecule has 4 heteroatoms. The fourth-order valence-electron chi connectivity index (χ4n) is 1.67. The van der Waals surface area contributed by atoms with E-state index in [1.54, 1.807) is 4.90 Å². The monoisotopic (exact) mass is 186 g/mol. The second-order valence-corrected chi connectivity index (χ2v) is 3.85. The average Bonchev–Trinajstić information content (AvgIpc) is 2.52. The molecular formula is C9H18N2O2. The first kappa shape index (κ1) is 10.3. The molecule has 1 atom stereocenters. The van der Waals surface area contributed by atoms with Gasteiger partial charge in [0.05, 0.1) is 7.11 Å². The standard InChI is InChI=1S/C9H18N2O2/c1-7(2)8-4-5-11(6-8)9(12)10-13-3/h7-8H,4-6H2,1-3H3,(H,10,12). The summed E-state index contributed by atoms with van der Waals surface area (Å²) >= 11 is 0. The van der Waals surface area contributed by atoms with Crippen molar-refractivity contribution in [3.63, 3.8) is 0 Å². The second-order valence-electron chi connectivity index (χ2n) is 3.85. The number of nitrogens with zero attached hydrogens (tertiary/aromatic N) is 1. The fourth-order valence-corrected chi connectivity index (χ4v) is 1.67. The minimum Gasteiger partial charge on any atom is -0.323 e. The molecule has 0 aromatic carbocycles. The van der Waals surface area contributed by atoms with Crippen molar-refractivity contribution in [2.24, 2.45) is 11.8 Å². The molecule has 1 aliphatic rings. The number of hydrogen-bond donors (Lipinski definition) is 1. The smallest absolute Gasteiger partial charge is 0.323 e. The minimum atomic E-state index is -0.120. The van der Waals surface area contributed by atoms with E-state index in [2.05, 4.69) is 24.2 Å². The van der Waals surface area contributed by atoms with Crippen LogP contribution in [0.3, 0.4) is 0 Å². The first-order chi connectivity index (χ1) is 6.15. The molecule has 1 fully saturated rings. The van der Waals surface area contributed by atoms with E-state index in [0.717, 1.165) is 19.5 Å². The molecule has 2 amide bonds. The third-order valence-corrected chi connectivity index (χ3v) is 2.64. The molecule has 0 radical (unpaired) electrons. The van der Waals surface area contributed by atoms with Crippen LogP contribution in [0.15, 0.2) is 0 Å². The van der Waals surface area contributed by atoms with Crippen molar-refractivity contribution < 1.29 is 9.63 Å². The second kappa shape index (κ2) is 4.46. The third-order valence-electron chi connectivity index (χ3n) is 2.64. The van der Waals surface area contributed by atoms with Crippen molar-refractivity contribution in [3.05, 3.63) is 0 Å². The van der Waals surface area contributed by atoms with E-state index in [9.17, 15) is 4.79 Å². The number of carbonyl (C=O) groups excluding carboxylic acids is 1. The summed E-state index contributed by atoms with van der Waals surface area (Å²) < 4.78 is 0. The summed E-state index contributed by atoms with van der Waals surface area (Å²) in [6.45, 7) is 6.09. The lowest BCUT2D eigenvalue weighted by molar-refractivity contribution is 0.0898. The third kappa shape index (κ3) is 2.59. The molecule has 4 nitrogen and oxygen atoms in total. The predicted octanol–water partition coefficient (Wildman–Crippen LogP) is 1.24. The van der Waals surface area contributed by atoms with Crippen LogP contribution in [0.4, 0.5) is 4.79 Å². The van der Waals surface area contributed by atoms with Gasteiger partial charge in [0.1, 0.15) is 0 Å². The summed E-state index contributed by atoms with van der Waals surface area (Å²) in [5.74, 6) is 1.29. The van der Waals surface area contributed by atoms with E-state index < -0.39 is 0 Å². The summed E-state index contributed by atoms with van der Waals surface area (Å²) in [6.07, 6.45) is 1.11. The highest BCUT2D eigenvalue weighted by atomic mass is 16.6. The number of hydrogen-bond acceptors (Lipinski definition) is 2. The maximum atomic E-state index is 11.3. The van der Waals surface area contributed by atoms with Gasteiger partial charge >= 0.3 is 6.03 Å². The van der Waals surface area contributed by atoms with Gasteiger partial charge in [-0.3, -0.25) is 4.84 Å². The van der Waals surface area contributed by atoms with Crippen molar-refractivity contribution in [3.8, 4) is 0 Å². The maximum absolute atomic E-state index is 11.3. The van der Waals surface area contributed by atoms with E-state index in [0.29, 0.717) is 11.8 Å². The highest BCUT2D eigenvalue weighted by Gasteiger charge is 2.27. The quantitative estimate of drug-likeness (QED) is 0.659. The summed E-state index contributed by atoms with van der Waals surface area (Å²) in [5.41, 5.74) is 2.33. The number of amides is 2. The molecule has 1 saturated heterocycles. The largest absolute Gasteiger partial charge is 0.341 e. The van der Waals surface area contributed by atoms with Gasteiger partial charge in [-0.25, -0.2) is 10.3 Å². The van der Waals surface area contributed by atoms with E-state index in [1.165, 1.54) is 7.11 Å². The highest BCUT2D eigenvalue weighted by molar-refractivity contribution is 5.73. The molecule has 0 bridgehead atoms. The van der Waals surface area contributed by atoms with Gasteiger partial charge in [0.15, 0.2) is 0 Å². The number of carbonyl (C=O) groups is 1. The topological polar surface area (TPSA) is 41.6 Å². The molecule has 0 spiro atoms.